The summed E-state index contributed by atoms with van der Waals surface area (Å²) in [5.41, 5.74) is 2.90. The zero-order chi connectivity index (χ0) is 17.6. The summed E-state index contributed by atoms with van der Waals surface area (Å²) >= 11 is 0. The summed E-state index contributed by atoms with van der Waals surface area (Å²) in [5.74, 6) is 0.540. The van der Waals surface area contributed by atoms with Gasteiger partial charge >= 0.3 is 0 Å². The van der Waals surface area contributed by atoms with Crippen molar-refractivity contribution in [1.82, 2.24) is 15.3 Å². The van der Waals surface area contributed by atoms with Gasteiger partial charge in [-0.25, -0.2) is 9.97 Å². The van der Waals surface area contributed by atoms with Crippen LogP contribution in [-0.2, 0) is 11.2 Å². The highest BCUT2D eigenvalue weighted by Gasteiger charge is 2.24. The van der Waals surface area contributed by atoms with Crippen LogP contribution in [0.3, 0.4) is 0 Å². The highest BCUT2D eigenvalue weighted by molar-refractivity contribution is 5.84. The first-order chi connectivity index (χ1) is 12.1. The zero-order valence-corrected chi connectivity index (χ0v) is 15.0. The number of amides is 1. The number of carbonyl (C=O) groups excluding carboxylic acids is 1. The molecule has 0 radical (unpaired) electrons. The van der Waals surface area contributed by atoms with Crippen LogP contribution < -0.4 is 10.6 Å². The lowest BCUT2D eigenvalue weighted by atomic mass is 10.0. The molecule has 1 heterocycles. The molecule has 5 heteroatoms. The lowest BCUT2D eigenvalue weighted by molar-refractivity contribution is -0.122. The average molecular weight is 338 g/mol. The Hall–Kier alpha value is -2.43. The fourth-order valence-corrected chi connectivity index (χ4v) is 3.38. The molecule has 25 heavy (non-hydrogen) atoms. The first-order valence-corrected chi connectivity index (χ1v) is 9.03. The maximum Gasteiger partial charge on any atom is 0.243 e. The molecule has 1 fully saturated rings. The Labute approximate surface area is 149 Å². The molecular weight excluding hydrogens is 312 g/mol. The molecule has 5 nitrogen and oxygen atoms in total. The first-order valence-electron chi connectivity index (χ1n) is 9.03. The zero-order valence-electron chi connectivity index (χ0n) is 15.0. The van der Waals surface area contributed by atoms with Crippen LogP contribution in [0.1, 0.15) is 42.6 Å². The van der Waals surface area contributed by atoms with Gasteiger partial charge in [0, 0.05) is 23.9 Å². The lowest BCUT2D eigenvalue weighted by Crippen LogP contribution is -2.45. The maximum absolute atomic E-state index is 12.8. The topological polar surface area (TPSA) is 66.9 Å². The Morgan fingerprint density at radius 3 is 2.40 bits per heavy atom. The third kappa shape index (κ3) is 5.02. The highest BCUT2D eigenvalue weighted by atomic mass is 16.2. The number of anilines is 1. The van der Waals surface area contributed by atoms with Gasteiger partial charge in [-0.15, -0.1) is 0 Å². The van der Waals surface area contributed by atoms with Crippen LogP contribution in [0.5, 0.6) is 0 Å². The van der Waals surface area contributed by atoms with Crippen LogP contribution in [0.4, 0.5) is 5.95 Å². The average Bonchev–Trinajstić information content (AvgIpc) is 3.07. The van der Waals surface area contributed by atoms with Crippen LogP contribution in [0.15, 0.2) is 36.4 Å². The van der Waals surface area contributed by atoms with Crippen LogP contribution in [0, 0.1) is 13.8 Å². The minimum Gasteiger partial charge on any atom is -0.352 e. The van der Waals surface area contributed by atoms with E-state index < -0.39 is 0 Å². The van der Waals surface area contributed by atoms with E-state index in [1.165, 1.54) is 12.8 Å². The molecule has 0 unspecified atom stereocenters. The van der Waals surface area contributed by atoms with E-state index in [1.807, 2.05) is 50.2 Å². The molecule has 1 aliphatic rings. The smallest absolute Gasteiger partial charge is 0.243 e. The second-order valence-corrected chi connectivity index (χ2v) is 6.85. The molecule has 0 spiro atoms. The fourth-order valence-electron chi connectivity index (χ4n) is 3.38. The monoisotopic (exact) mass is 338 g/mol. The van der Waals surface area contributed by atoms with Crippen LogP contribution in [-0.4, -0.2) is 28.0 Å². The summed E-state index contributed by atoms with van der Waals surface area (Å²) in [4.78, 5) is 21.7. The molecule has 1 aromatic heterocycles. The highest BCUT2D eigenvalue weighted by Crippen LogP contribution is 2.18. The Morgan fingerprint density at radius 1 is 1.12 bits per heavy atom. The molecule has 132 valence electrons. The Morgan fingerprint density at radius 2 is 1.76 bits per heavy atom. The number of nitrogens with zero attached hydrogens (tertiary/aromatic N) is 2. The van der Waals surface area contributed by atoms with Crippen molar-refractivity contribution in [2.24, 2.45) is 0 Å². The normalized spacial score (nSPS) is 15.8. The number of aromatic nitrogens is 2. The summed E-state index contributed by atoms with van der Waals surface area (Å²) < 4.78 is 0. The molecule has 0 bridgehead atoms. The molecule has 0 saturated heterocycles. The summed E-state index contributed by atoms with van der Waals surface area (Å²) in [6.45, 7) is 3.87. The minimum absolute atomic E-state index is 0.0264. The molecular formula is C20H26N4O. The van der Waals surface area contributed by atoms with Crippen molar-refractivity contribution in [3.8, 4) is 0 Å². The largest absolute Gasteiger partial charge is 0.352 e. The summed E-state index contributed by atoms with van der Waals surface area (Å²) in [6, 6.07) is 11.9. The van der Waals surface area contributed by atoms with Crippen molar-refractivity contribution in [3.05, 3.63) is 53.3 Å². The molecule has 2 N–H and O–H groups in total. The van der Waals surface area contributed by atoms with Crippen molar-refractivity contribution >= 4 is 11.9 Å². The molecule has 0 aliphatic heterocycles. The second kappa shape index (κ2) is 8.10. The summed E-state index contributed by atoms with van der Waals surface area (Å²) in [7, 11) is 0. The molecule has 2 aromatic rings. The maximum atomic E-state index is 12.8. The Bertz CT molecular complexity index is 691. The molecule has 1 amide bonds. The lowest BCUT2D eigenvalue weighted by Gasteiger charge is -2.21. The van der Waals surface area contributed by atoms with Gasteiger partial charge in [0.1, 0.15) is 6.04 Å². The van der Waals surface area contributed by atoms with Gasteiger partial charge in [0.2, 0.25) is 11.9 Å². The quantitative estimate of drug-likeness (QED) is 0.849. The molecule has 1 aromatic carbocycles. The van der Waals surface area contributed by atoms with Gasteiger partial charge in [-0.2, -0.15) is 0 Å². The number of benzene rings is 1. The standard InChI is InChI=1S/C20H26N4O/c1-14-12-15(2)22-20(21-14)24-18(13-16-8-4-3-5-9-16)19(25)23-17-10-6-7-11-17/h3-5,8-9,12,17-18H,6-7,10-11,13H2,1-2H3,(H,23,25)(H,21,22,24)/t18-/m0/s1. The molecule has 1 aliphatic carbocycles. The van der Waals surface area contributed by atoms with Gasteiger partial charge in [-0.1, -0.05) is 43.2 Å². The van der Waals surface area contributed by atoms with E-state index >= 15 is 0 Å². The fraction of sp³-hybridized carbons (Fsp3) is 0.450. The number of aryl methyl sites for hydroxylation is 2. The summed E-state index contributed by atoms with van der Waals surface area (Å²) in [6.07, 6.45) is 5.15. The number of hydrogen-bond acceptors (Lipinski definition) is 4. The van der Waals surface area contributed by atoms with E-state index in [0.29, 0.717) is 18.4 Å². The van der Waals surface area contributed by atoms with Crippen molar-refractivity contribution in [3.63, 3.8) is 0 Å². The predicted octanol–water partition coefficient (Wildman–Crippen LogP) is 3.18. The van der Waals surface area contributed by atoms with Crippen molar-refractivity contribution in [2.45, 2.75) is 58.0 Å². The minimum atomic E-state index is -0.385. The van der Waals surface area contributed by atoms with E-state index in [2.05, 4.69) is 20.6 Å². The SMILES string of the molecule is Cc1cc(C)nc(N[C@@H](Cc2ccccc2)C(=O)NC2CCCC2)n1. The van der Waals surface area contributed by atoms with Gasteiger partial charge in [-0.3, -0.25) is 4.79 Å². The van der Waals surface area contributed by atoms with Crippen molar-refractivity contribution < 1.29 is 4.79 Å². The van der Waals surface area contributed by atoms with Gasteiger partial charge < -0.3 is 10.6 Å². The van der Waals surface area contributed by atoms with Crippen LogP contribution >= 0.6 is 0 Å². The molecule has 1 saturated carbocycles. The van der Waals surface area contributed by atoms with E-state index in [4.69, 9.17) is 0 Å². The number of hydrogen-bond donors (Lipinski definition) is 2. The van der Waals surface area contributed by atoms with Gasteiger partial charge in [-0.05, 0) is 38.3 Å². The molecule has 3 rings (SSSR count). The van der Waals surface area contributed by atoms with E-state index in [1.54, 1.807) is 0 Å². The van der Waals surface area contributed by atoms with Crippen LogP contribution in [0.25, 0.3) is 0 Å². The second-order valence-electron chi connectivity index (χ2n) is 6.85. The van der Waals surface area contributed by atoms with Crippen LogP contribution in [0.2, 0.25) is 0 Å². The van der Waals surface area contributed by atoms with E-state index in [9.17, 15) is 4.79 Å². The van der Waals surface area contributed by atoms with Crippen molar-refractivity contribution in [2.75, 3.05) is 5.32 Å². The third-order valence-corrected chi connectivity index (χ3v) is 4.59. The summed E-state index contributed by atoms with van der Waals surface area (Å²) in [5, 5.41) is 6.44. The predicted molar refractivity (Wildman–Crippen MR) is 99.5 cm³/mol. The third-order valence-electron chi connectivity index (χ3n) is 4.59. The molecule has 1 atom stereocenters. The number of nitrogens with one attached hydrogen (secondary N) is 2. The number of carbonyl (C=O) groups is 1. The Kier molecular flexibility index (Phi) is 5.64. The van der Waals surface area contributed by atoms with E-state index in [0.717, 1.165) is 29.8 Å². The van der Waals surface area contributed by atoms with Gasteiger partial charge in [0.25, 0.3) is 0 Å². The van der Waals surface area contributed by atoms with Crippen molar-refractivity contribution in [1.29, 1.82) is 0 Å². The van der Waals surface area contributed by atoms with E-state index in [-0.39, 0.29) is 11.9 Å². The number of rotatable bonds is 6. The van der Waals surface area contributed by atoms with Gasteiger partial charge in [0.05, 0.1) is 0 Å². The van der Waals surface area contributed by atoms with Gasteiger partial charge in [0.15, 0.2) is 0 Å². The first kappa shape index (κ1) is 17.4. The Balaban J connectivity index is 1.76.